The molecule has 6 nitrogen and oxygen atoms in total. The predicted molar refractivity (Wildman–Crippen MR) is 151 cm³/mol. The van der Waals surface area contributed by atoms with Crippen molar-refractivity contribution in [1.82, 2.24) is 19.4 Å². The second kappa shape index (κ2) is 10.3. The number of fused-ring (bicyclic) bond motifs is 2. The number of nitrogens with zero attached hydrogens (tertiary/aromatic N) is 4. The average Bonchev–Trinajstić information content (AvgIpc) is 3.39. The molecule has 8 heteroatoms. The number of halogens is 1. The molecule has 0 spiro atoms. The van der Waals surface area contributed by atoms with Gasteiger partial charge in [0, 0.05) is 25.2 Å². The lowest BCUT2D eigenvalue weighted by Crippen LogP contribution is -2.42. The number of ether oxygens (including phenoxy) is 1. The van der Waals surface area contributed by atoms with Crippen LogP contribution in [0.4, 0.5) is 4.39 Å². The van der Waals surface area contributed by atoms with Crippen molar-refractivity contribution in [3.05, 3.63) is 82.3 Å². The number of benzene rings is 3. The third-order valence-corrected chi connectivity index (χ3v) is 8.09. The maximum Gasteiger partial charge on any atom is 0.261 e. The van der Waals surface area contributed by atoms with Crippen LogP contribution in [0.25, 0.3) is 32.5 Å². The van der Waals surface area contributed by atoms with Gasteiger partial charge in [-0.1, -0.05) is 12.1 Å². The summed E-state index contributed by atoms with van der Waals surface area (Å²) < 4.78 is 23.8. The fraction of sp³-hybridized carbons (Fsp3) is 0.300. The first kappa shape index (κ1) is 24.7. The summed E-state index contributed by atoms with van der Waals surface area (Å²) in [4.78, 5) is 25.6. The highest BCUT2D eigenvalue weighted by molar-refractivity contribution is 7.16. The van der Waals surface area contributed by atoms with Crippen LogP contribution >= 0.6 is 11.3 Å². The summed E-state index contributed by atoms with van der Waals surface area (Å²) in [6, 6.07) is 18.0. The fourth-order valence-corrected chi connectivity index (χ4v) is 6.00. The zero-order valence-electron chi connectivity index (χ0n) is 21.4. The third-order valence-electron chi connectivity index (χ3n) is 7.30. The Labute approximate surface area is 224 Å². The molecule has 3 heterocycles. The molecular weight excluding hydrogens is 499 g/mol. The van der Waals surface area contributed by atoms with E-state index in [0.717, 1.165) is 36.1 Å². The number of likely N-dealkylation sites (tertiary alicyclic amines) is 1. The maximum atomic E-state index is 14.9. The van der Waals surface area contributed by atoms with E-state index in [4.69, 9.17) is 9.72 Å². The van der Waals surface area contributed by atoms with Gasteiger partial charge in [0.1, 0.15) is 23.1 Å². The third kappa shape index (κ3) is 4.81. The second-order valence-corrected chi connectivity index (χ2v) is 11.1. The molecule has 1 atom stereocenters. The molecule has 0 saturated carbocycles. The first-order valence-corrected chi connectivity index (χ1v) is 13.9. The first-order valence-electron chi connectivity index (χ1n) is 13.0. The van der Waals surface area contributed by atoms with Crippen LogP contribution in [0.2, 0.25) is 0 Å². The Kier molecular flexibility index (Phi) is 6.68. The van der Waals surface area contributed by atoms with Gasteiger partial charge in [-0.25, -0.2) is 14.4 Å². The number of piperidine rings is 1. The van der Waals surface area contributed by atoms with Crippen molar-refractivity contribution in [1.29, 1.82) is 0 Å². The lowest BCUT2D eigenvalue weighted by atomic mass is 9.96. The van der Waals surface area contributed by atoms with Crippen LogP contribution in [0, 0.1) is 11.7 Å². The summed E-state index contributed by atoms with van der Waals surface area (Å²) in [6.45, 7) is 6.85. The zero-order chi connectivity index (χ0) is 26.2. The lowest BCUT2D eigenvalue weighted by Gasteiger charge is -2.35. The monoisotopic (exact) mass is 528 g/mol. The van der Waals surface area contributed by atoms with Crippen LogP contribution in [-0.4, -0.2) is 38.6 Å². The molecule has 0 aliphatic carbocycles. The molecule has 194 valence electrons. The van der Waals surface area contributed by atoms with Crippen molar-refractivity contribution in [2.24, 2.45) is 5.92 Å². The van der Waals surface area contributed by atoms with Crippen molar-refractivity contribution < 1.29 is 9.13 Å². The van der Waals surface area contributed by atoms with Gasteiger partial charge in [-0.15, -0.1) is 11.3 Å². The SMILES string of the molecule is CC(C)N1CCCC(Cn2c(-c3ccccc3F)nc3ccc(Oc4ccc5ncsc5c4)cc3c2=O)C1. The number of hydrogen-bond donors (Lipinski definition) is 0. The summed E-state index contributed by atoms with van der Waals surface area (Å²) in [5.74, 6) is 1.48. The summed E-state index contributed by atoms with van der Waals surface area (Å²) >= 11 is 1.55. The summed E-state index contributed by atoms with van der Waals surface area (Å²) in [5, 5.41) is 0.456. The molecule has 0 bridgehead atoms. The van der Waals surface area contributed by atoms with Gasteiger partial charge in [0.15, 0.2) is 0 Å². The van der Waals surface area contributed by atoms with Crippen LogP contribution in [0.5, 0.6) is 11.5 Å². The van der Waals surface area contributed by atoms with Crippen molar-refractivity contribution in [3.63, 3.8) is 0 Å². The van der Waals surface area contributed by atoms with Crippen LogP contribution < -0.4 is 10.3 Å². The van der Waals surface area contributed by atoms with E-state index in [-0.39, 0.29) is 11.5 Å². The standard InChI is InChI=1S/C30H29FN4O2S/c1-19(2)34-13-5-6-20(16-34)17-35-29(23-7-3-4-8-25(23)31)33-26-11-9-21(14-24(26)30(35)36)37-22-10-12-27-28(15-22)38-18-32-27/h3-4,7-12,14-15,18-20H,5-6,13,16-17H2,1-2H3. The van der Waals surface area contributed by atoms with Crippen LogP contribution in [0.15, 0.2) is 71.0 Å². The van der Waals surface area contributed by atoms with Crippen molar-refractivity contribution in [2.45, 2.75) is 39.3 Å². The topological polar surface area (TPSA) is 60.3 Å². The molecule has 1 aliphatic heterocycles. The second-order valence-electron chi connectivity index (χ2n) is 10.2. The van der Waals surface area contributed by atoms with E-state index in [1.54, 1.807) is 57.8 Å². The van der Waals surface area contributed by atoms with Crippen molar-refractivity contribution >= 4 is 32.5 Å². The van der Waals surface area contributed by atoms with E-state index in [0.29, 0.717) is 46.4 Å². The molecule has 1 saturated heterocycles. The normalized spacial score (nSPS) is 16.5. The number of aromatic nitrogens is 3. The number of rotatable bonds is 6. The molecule has 3 aromatic carbocycles. The van der Waals surface area contributed by atoms with Gasteiger partial charge in [-0.05, 0) is 81.6 Å². The van der Waals surface area contributed by atoms with Crippen LogP contribution in [-0.2, 0) is 6.54 Å². The highest BCUT2D eigenvalue weighted by atomic mass is 32.1. The van der Waals surface area contributed by atoms with E-state index in [2.05, 4.69) is 23.7 Å². The van der Waals surface area contributed by atoms with Gasteiger partial charge in [0.25, 0.3) is 5.56 Å². The molecule has 0 amide bonds. The number of hydrogen-bond acceptors (Lipinski definition) is 6. The summed E-state index contributed by atoms with van der Waals surface area (Å²) in [7, 11) is 0. The minimum atomic E-state index is -0.390. The number of thiazole rings is 1. The zero-order valence-corrected chi connectivity index (χ0v) is 22.2. The molecule has 1 aliphatic rings. The molecule has 6 rings (SSSR count). The Balaban J connectivity index is 1.42. The fourth-order valence-electron chi connectivity index (χ4n) is 5.29. The molecule has 0 radical (unpaired) electrons. The largest absolute Gasteiger partial charge is 0.457 e. The lowest BCUT2D eigenvalue weighted by molar-refractivity contribution is 0.130. The Morgan fingerprint density at radius 2 is 1.87 bits per heavy atom. The van der Waals surface area contributed by atoms with Crippen molar-refractivity contribution in [2.75, 3.05) is 13.1 Å². The average molecular weight is 529 g/mol. The Bertz CT molecular complexity index is 1680. The first-order chi connectivity index (χ1) is 18.5. The van der Waals surface area contributed by atoms with Gasteiger partial charge in [0.2, 0.25) is 0 Å². The maximum absolute atomic E-state index is 14.9. The Morgan fingerprint density at radius 1 is 1.08 bits per heavy atom. The minimum Gasteiger partial charge on any atom is -0.457 e. The van der Waals surface area contributed by atoms with Gasteiger partial charge in [-0.2, -0.15) is 0 Å². The van der Waals surface area contributed by atoms with E-state index in [9.17, 15) is 9.18 Å². The van der Waals surface area contributed by atoms with Crippen LogP contribution in [0.3, 0.4) is 0 Å². The Hall–Kier alpha value is -3.62. The molecule has 38 heavy (non-hydrogen) atoms. The van der Waals surface area contributed by atoms with E-state index < -0.39 is 5.82 Å². The molecular formula is C30H29FN4O2S. The van der Waals surface area contributed by atoms with E-state index in [1.165, 1.54) is 6.07 Å². The summed E-state index contributed by atoms with van der Waals surface area (Å²) in [5.41, 5.74) is 3.40. The van der Waals surface area contributed by atoms with E-state index in [1.807, 2.05) is 18.2 Å². The molecule has 2 aromatic heterocycles. The molecule has 5 aromatic rings. The molecule has 1 unspecified atom stereocenters. The highest BCUT2D eigenvalue weighted by Crippen LogP contribution is 2.30. The van der Waals surface area contributed by atoms with Crippen molar-refractivity contribution in [3.8, 4) is 22.9 Å². The highest BCUT2D eigenvalue weighted by Gasteiger charge is 2.25. The van der Waals surface area contributed by atoms with Gasteiger partial charge >= 0.3 is 0 Å². The van der Waals surface area contributed by atoms with E-state index >= 15 is 0 Å². The Morgan fingerprint density at radius 3 is 2.68 bits per heavy atom. The smallest absolute Gasteiger partial charge is 0.261 e. The minimum absolute atomic E-state index is 0.182. The van der Waals surface area contributed by atoms with Gasteiger partial charge in [-0.3, -0.25) is 9.36 Å². The molecule has 0 N–H and O–H groups in total. The summed E-state index contributed by atoms with van der Waals surface area (Å²) in [6.07, 6.45) is 2.10. The predicted octanol–water partition coefficient (Wildman–Crippen LogP) is 6.73. The molecule has 1 fully saturated rings. The quantitative estimate of drug-likeness (QED) is 0.245. The van der Waals surface area contributed by atoms with Crippen LogP contribution in [0.1, 0.15) is 26.7 Å². The van der Waals surface area contributed by atoms with Gasteiger partial charge in [0.05, 0.1) is 32.2 Å². The van der Waals surface area contributed by atoms with Gasteiger partial charge < -0.3 is 9.64 Å².